The summed E-state index contributed by atoms with van der Waals surface area (Å²) in [6.07, 6.45) is 8.38. The summed E-state index contributed by atoms with van der Waals surface area (Å²) in [5, 5.41) is 0. The molecular weight excluding hydrogens is 252 g/mol. The molecule has 0 amide bonds. The molecule has 0 saturated heterocycles. The van der Waals surface area contributed by atoms with E-state index in [0.717, 1.165) is 12.8 Å². The first-order chi connectivity index (χ1) is 10.1. The SMILES string of the molecule is C/C=C(/C)c1ccccc1C.C=CC=C(CC)CC.CC. The lowest BCUT2D eigenvalue weighted by atomic mass is 10.0. The standard InChI is InChI=1S/C11H14.C8H14.C2H6/c1-4-9(2)11-8-6-5-7-10(11)3;1-4-7-8(5-2)6-3;1-2/h4-8H,1-3H3;4,7H,1,5-6H2,2-3H3;1-2H3/b9-4-;;. The van der Waals surface area contributed by atoms with E-state index >= 15 is 0 Å². The van der Waals surface area contributed by atoms with E-state index in [2.05, 4.69) is 77.6 Å². The van der Waals surface area contributed by atoms with Crippen LogP contribution < -0.4 is 0 Å². The molecule has 0 aliphatic rings. The van der Waals surface area contributed by atoms with Crippen LogP contribution in [0.1, 0.15) is 65.5 Å². The maximum absolute atomic E-state index is 3.62. The van der Waals surface area contributed by atoms with Gasteiger partial charge in [-0.25, -0.2) is 0 Å². The van der Waals surface area contributed by atoms with E-state index in [4.69, 9.17) is 0 Å². The van der Waals surface area contributed by atoms with Gasteiger partial charge in [0.15, 0.2) is 0 Å². The molecule has 0 aliphatic carbocycles. The van der Waals surface area contributed by atoms with Gasteiger partial charge in [-0.3, -0.25) is 0 Å². The van der Waals surface area contributed by atoms with Crippen LogP contribution in [-0.2, 0) is 0 Å². The van der Waals surface area contributed by atoms with Crippen LogP contribution in [0.3, 0.4) is 0 Å². The van der Waals surface area contributed by atoms with Crippen molar-refractivity contribution in [3.05, 3.63) is 65.8 Å². The van der Waals surface area contributed by atoms with Crippen LogP contribution >= 0.6 is 0 Å². The first-order valence-corrected chi connectivity index (χ1v) is 8.09. The third-order valence-corrected chi connectivity index (χ3v) is 3.26. The highest BCUT2D eigenvalue weighted by molar-refractivity contribution is 5.65. The molecule has 1 rings (SSSR count). The lowest BCUT2D eigenvalue weighted by Gasteiger charge is -2.03. The second-order valence-corrected chi connectivity index (χ2v) is 4.55. The van der Waals surface area contributed by atoms with E-state index in [9.17, 15) is 0 Å². The van der Waals surface area contributed by atoms with Crippen LogP contribution in [-0.4, -0.2) is 0 Å². The van der Waals surface area contributed by atoms with E-state index < -0.39 is 0 Å². The zero-order valence-electron chi connectivity index (χ0n) is 15.2. The summed E-state index contributed by atoms with van der Waals surface area (Å²) < 4.78 is 0. The minimum atomic E-state index is 1.16. The number of aryl methyl sites for hydroxylation is 1. The molecule has 0 aliphatic heterocycles. The van der Waals surface area contributed by atoms with Crippen molar-refractivity contribution in [1.82, 2.24) is 0 Å². The molecule has 0 aromatic heterocycles. The van der Waals surface area contributed by atoms with Gasteiger partial charge in [0.1, 0.15) is 0 Å². The Morgan fingerprint density at radius 1 is 1.10 bits per heavy atom. The maximum Gasteiger partial charge on any atom is -0.0201 e. The van der Waals surface area contributed by atoms with E-state index in [1.54, 1.807) is 0 Å². The molecule has 0 radical (unpaired) electrons. The monoisotopic (exact) mass is 286 g/mol. The predicted molar refractivity (Wildman–Crippen MR) is 101 cm³/mol. The van der Waals surface area contributed by atoms with E-state index in [1.807, 2.05) is 19.9 Å². The predicted octanol–water partition coefficient (Wildman–Crippen LogP) is 7.36. The first kappa shape index (κ1) is 21.7. The fourth-order valence-electron chi connectivity index (χ4n) is 1.82. The van der Waals surface area contributed by atoms with Crippen molar-refractivity contribution >= 4 is 5.57 Å². The minimum Gasteiger partial charge on any atom is -0.0991 e. The lowest BCUT2D eigenvalue weighted by Crippen LogP contribution is -1.83. The van der Waals surface area contributed by atoms with Crippen LogP contribution in [0.2, 0.25) is 0 Å². The van der Waals surface area contributed by atoms with E-state index in [0.29, 0.717) is 0 Å². The van der Waals surface area contributed by atoms with Crippen molar-refractivity contribution in [3.63, 3.8) is 0 Å². The smallest absolute Gasteiger partial charge is 0.0201 e. The molecular formula is C21H34. The topological polar surface area (TPSA) is 0 Å². The Hall–Kier alpha value is -1.56. The van der Waals surface area contributed by atoms with E-state index in [-0.39, 0.29) is 0 Å². The lowest BCUT2D eigenvalue weighted by molar-refractivity contribution is 0.978. The third-order valence-electron chi connectivity index (χ3n) is 3.26. The Kier molecular flexibility index (Phi) is 15.4. The Bertz CT molecular complexity index is 427. The number of hydrogen-bond donors (Lipinski definition) is 0. The van der Waals surface area contributed by atoms with Gasteiger partial charge in [0, 0.05) is 0 Å². The number of hydrogen-bond acceptors (Lipinski definition) is 0. The second-order valence-electron chi connectivity index (χ2n) is 4.55. The molecule has 118 valence electrons. The van der Waals surface area contributed by atoms with Crippen molar-refractivity contribution in [2.75, 3.05) is 0 Å². The van der Waals surface area contributed by atoms with E-state index in [1.165, 1.54) is 22.3 Å². The molecule has 0 unspecified atom stereocenters. The summed E-state index contributed by atoms with van der Waals surface area (Å²) in [5.41, 5.74) is 5.53. The first-order valence-electron chi connectivity index (χ1n) is 8.09. The van der Waals surface area contributed by atoms with Crippen molar-refractivity contribution in [1.29, 1.82) is 0 Å². The molecule has 0 bridgehead atoms. The quantitative estimate of drug-likeness (QED) is 0.507. The Morgan fingerprint density at radius 2 is 1.62 bits per heavy atom. The summed E-state index contributed by atoms with van der Waals surface area (Å²) in [7, 11) is 0. The fourth-order valence-corrected chi connectivity index (χ4v) is 1.82. The highest BCUT2D eigenvalue weighted by Gasteiger charge is 1.95. The number of rotatable bonds is 4. The molecule has 0 heterocycles. The minimum absolute atomic E-state index is 1.16. The zero-order valence-corrected chi connectivity index (χ0v) is 15.2. The van der Waals surface area contributed by atoms with Crippen LogP contribution in [0.4, 0.5) is 0 Å². The van der Waals surface area contributed by atoms with Crippen LogP contribution in [0.15, 0.2) is 54.6 Å². The Balaban J connectivity index is 0. The highest BCUT2D eigenvalue weighted by atomic mass is 14.0. The van der Waals surface area contributed by atoms with Crippen LogP contribution in [0, 0.1) is 6.92 Å². The molecule has 0 heteroatoms. The van der Waals surface area contributed by atoms with Crippen molar-refractivity contribution in [2.45, 2.75) is 61.3 Å². The Morgan fingerprint density at radius 3 is 1.95 bits per heavy atom. The average molecular weight is 287 g/mol. The number of allylic oxidation sites excluding steroid dienone is 5. The highest BCUT2D eigenvalue weighted by Crippen LogP contribution is 2.16. The van der Waals surface area contributed by atoms with Gasteiger partial charge in [0.05, 0.1) is 0 Å². The molecule has 0 atom stereocenters. The summed E-state index contributed by atoms with van der Waals surface area (Å²) >= 11 is 0. The fraction of sp³-hybridized carbons (Fsp3) is 0.429. The summed E-state index contributed by atoms with van der Waals surface area (Å²) in [6.45, 7) is 18.3. The van der Waals surface area contributed by atoms with Gasteiger partial charge in [-0.1, -0.05) is 82.3 Å². The van der Waals surface area contributed by atoms with Gasteiger partial charge in [-0.05, 0) is 50.3 Å². The maximum atomic E-state index is 3.62. The van der Waals surface area contributed by atoms with Crippen LogP contribution in [0.5, 0.6) is 0 Å². The van der Waals surface area contributed by atoms with Gasteiger partial charge in [0.2, 0.25) is 0 Å². The zero-order chi connectivity index (χ0) is 16.7. The largest absolute Gasteiger partial charge is 0.0991 e. The second kappa shape index (κ2) is 14.8. The van der Waals surface area contributed by atoms with Gasteiger partial charge in [-0.2, -0.15) is 0 Å². The molecule has 0 saturated carbocycles. The number of benzene rings is 1. The summed E-state index contributed by atoms with van der Waals surface area (Å²) in [4.78, 5) is 0. The molecule has 21 heavy (non-hydrogen) atoms. The van der Waals surface area contributed by atoms with Crippen molar-refractivity contribution in [2.24, 2.45) is 0 Å². The molecule has 0 spiro atoms. The van der Waals surface area contributed by atoms with Gasteiger partial charge in [-0.15, -0.1) is 0 Å². The average Bonchev–Trinajstić information content (AvgIpc) is 2.55. The Labute approximate surface area is 133 Å². The van der Waals surface area contributed by atoms with Gasteiger partial charge >= 0.3 is 0 Å². The molecule has 1 aromatic carbocycles. The van der Waals surface area contributed by atoms with Crippen molar-refractivity contribution in [3.8, 4) is 0 Å². The molecule has 0 N–H and O–H groups in total. The van der Waals surface area contributed by atoms with Crippen LogP contribution in [0.25, 0.3) is 5.57 Å². The summed E-state index contributed by atoms with van der Waals surface area (Å²) in [5.74, 6) is 0. The summed E-state index contributed by atoms with van der Waals surface area (Å²) in [6, 6.07) is 8.45. The normalized spacial score (nSPS) is 9.57. The molecule has 0 nitrogen and oxygen atoms in total. The van der Waals surface area contributed by atoms with Gasteiger partial charge in [0.25, 0.3) is 0 Å². The molecule has 0 fully saturated rings. The van der Waals surface area contributed by atoms with Gasteiger partial charge < -0.3 is 0 Å². The van der Waals surface area contributed by atoms with Crippen molar-refractivity contribution < 1.29 is 0 Å². The molecule has 1 aromatic rings. The third kappa shape index (κ3) is 9.90.